The maximum Gasteiger partial charge on any atom is 0.121 e. The summed E-state index contributed by atoms with van der Waals surface area (Å²) in [5, 5.41) is 3.41. The van der Waals surface area contributed by atoms with Gasteiger partial charge in [0, 0.05) is 17.3 Å². The van der Waals surface area contributed by atoms with E-state index in [1.807, 2.05) is 30.3 Å². The van der Waals surface area contributed by atoms with E-state index in [4.69, 9.17) is 27.9 Å². The Balaban J connectivity index is 2.07. The first-order chi connectivity index (χ1) is 9.60. The lowest BCUT2D eigenvalue weighted by Gasteiger charge is -2.15. The van der Waals surface area contributed by atoms with Gasteiger partial charge < -0.3 is 10.1 Å². The normalized spacial score (nSPS) is 12.2. The molecule has 1 unspecified atom stereocenters. The number of nitrogens with one attached hydrogen (secondary N) is 1. The van der Waals surface area contributed by atoms with Crippen molar-refractivity contribution >= 4 is 40.2 Å². The zero-order valence-corrected chi connectivity index (χ0v) is 13.8. The van der Waals surface area contributed by atoms with Crippen molar-refractivity contribution in [2.75, 3.05) is 11.9 Å². The van der Waals surface area contributed by atoms with Gasteiger partial charge in [-0.15, -0.1) is 11.3 Å². The highest BCUT2D eigenvalue weighted by molar-refractivity contribution is 7.20. The van der Waals surface area contributed by atoms with Crippen molar-refractivity contribution in [2.45, 2.75) is 26.3 Å². The molecule has 1 heterocycles. The average Bonchev–Trinajstić information content (AvgIpc) is 2.76. The topological polar surface area (TPSA) is 21.3 Å². The highest BCUT2D eigenvalue weighted by atomic mass is 35.5. The minimum Gasteiger partial charge on any atom is -0.494 e. The zero-order valence-electron chi connectivity index (χ0n) is 11.5. The average molecular weight is 330 g/mol. The molecule has 2 nitrogen and oxygen atoms in total. The zero-order chi connectivity index (χ0) is 14.5. The van der Waals surface area contributed by atoms with Crippen LogP contribution in [-0.2, 0) is 0 Å². The minimum atomic E-state index is 0.0904. The van der Waals surface area contributed by atoms with Crippen LogP contribution in [0.15, 0.2) is 30.3 Å². The van der Waals surface area contributed by atoms with E-state index in [1.54, 1.807) is 0 Å². The fourth-order valence-corrected chi connectivity index (χ4v) is 3.52. The Morgan fingerprint density at radius 1 is 1.30 bits per heavy atom. The molecule has 0 radical (unpaired) electrons. The lowest BCUT2D eigenvalue weighted by molar-refractivity contribution is 0.317. The number of ether oxygens (including phenoxy) is 1. The Morgan fingerprint density at radius 3 is 2.75 bits per heavy atom. The van der Waals surface area contributed by atoms with Crippen molar-refractivity contribution < 1.29 is 4.74 Å². The smallest absolute Gasteiger partial charge is 0.121 e. The van der Waals surface area contributed by atoms with Gasteiger partial charge in [0.05, 0.1) is 21.3 Å². The van der Waals surface area contributed by atoms with Crippen LogP contribution in [0, 0.1) is 0 Å². The summed E-state index contributed by atoms with van der Waals surface area (Å²) in [6.45, 7) is 4.88. The van der Waals surface area contributed by atoms with Gasteiger partial charge in [-0.25, -0.2) is 0 Å². The van der Waals surface area contributed by atoms with Crippen LogP contribution >= 0.6 is 34.5 Å². The van der Waals surface area contributed by atoms with Crippen LogP contribution in [0.1, 0.15) is 31.9 Å². The Kier molecular flexibility index (Phi) is 5.58. The van der Waals surface area contributed by atoms with E-state index in [0.29, 0.717) is 4.34 Å². The van der Waals surface area contributed by atoms with Crippen molar-refractivity contribution in [2.24, 2.45) is 0 Å². The van der Waals surface area contributed by atoms with Gasteiger partial charge in [0.2, 0.25) is 0 Å². The summed E-state index contributed by atoms with van der Waals surface area (Å²) in [5.41, 5.74) is 2.02. The molecule has 108 valence electrons. The summed E-state index contributed by atoms with van der Waals surface area (Å²) in [4.78, 5) is 0. The molecule has 0 bridgehead atoms. The molecule has 0 aliphatic rings. The Labute approximate surface area is 133 Å². The van der Waals surface area contributed by atoms with Crippen molar-refractivity contribution in [3.8, 4) is 5.75 Å². The van der Waals surface area contributed by atoms with Gasteiger partial charge >= 0.3 is 0 Å². The van der Waals surface area contributed by atoms with Gasteiger partial charge in [0.1, 0.15) is 5.75 Å². The number of thiophene rings is 1. The second-order valence-electron chi connectivity index (χ2n) is 4.52. The summed E-state index contributed by atoms with van der Waals surface area (Å²) in [7, 11) is 0. The third-order valence-corrected chi connectivity index (χ3v) is 4.36. The van der Waals surface area contributed by atoms with E-state index in [1.165, 1.54) is 11.3 Å². The summed E-state index contributed by atoms with van der Waals surface area (Å²) >= 11 is 13.5. The van der Waals surface area contributed by atoms with Crippen molar-refractivity contribution in [1.29, 1.82) is 0 Å². The number of hydrogen-bond donors (Lipinski definition) is 1. The summed E-state index contributed by atoms with van der Waals surface area (Å²) < 4.78 is 7.06. The predicted octanol–water partition coefficient (Wildman–Crippen LogP) is 6.02. The molecule has 5 heteroatoms. The Bertz CT molecular complexity index is 571. The molecular weight excluding hydrogens is 313 g/mol. The number of benzene rings is 1. The monoisotopic (exact) mass is 329 g/mol. The van der Waals surface area contributed by atoms with E-state index < -0.39 is 0 Å². The van der Waals surface area contributed by atoms with Crippen molar-refractivity contribution in [1.82, 2.24) is 0 Å². The molecule has 0 spiro atoms. The first kappa shape index (κ1) is 15.5. The lowest BCUT2D eigenvalue weighted by Crippen LogP contribution is -2.06. The molecule has 1 N–H and O–H groups in total. The molecule has 0 aliphatic carbocycles. The first-order valence-corrected chi connectivity index (χ1v) is 8.11. The van der Waals surface area contributed by atoms with Gasteiger partial charge in [0.15, 0.2) is 0 Å². The van der Waals surface area contributed by atoms with Gasteiger partial charge in [-0.2, -0.15) is 0 Å². The van der Waals surface area contributed by atoms with Crippen LogP contribution in [0.3, 0.4) is 0 Å². The van der Waals surface area contributed by atoms with Crippen molar-refractivity contribution in [3.05, 3.63) is 44.6 Å². The van der Waals surface area contributed by atoms with Gasteiger partial charge in [-0.05, 0) is 31.5 Å². The second kappa shape index (κ2) is 7.21. The van der Waals surface area contributed by atoms with Crippen LogP contribution in [0.5, 0.6) is 5.75 Å². The molecular formula is C15H17Cl2NOS. The molecule has 2 rings (SSSR count). The summed E-state index contributed by atoms with van der Waals surface area (Å²) in [5.74, 6) is 0.874. The Hall–Kier alpha value is -0.900. The third kappa shape index (κ3) is 4.05. The first-order valence-electron chi connectivity index (χ1n) is 6.54. The predicted molar refractivity (Wildman–Crippen MR) is 88.6 cm³/mol. The maximum atomic E-state index is 6.18. The highest BCUT2D eigenvalue weighted by Crippen LogP contribution is 2.36. The van der Waals surface area contributed by atoms with Crippen LogP contribution in [0.25, 0.3) is 0 Å². The fraction of sp³-hybridized carbons (Fsp3) is 0.333. The number of rotatable bonds is 6. The molecule has 1 aromatic heterocycles. The number of halogens is 2. The molecule has 0 amide bonds. The summed E-state index contributed by atoms with van der Waals surface area (Å²) in [6, 6.07) is 9.93. The van der Waals surface area contributed by atoms with E-state index in [0.717, 1.165) is 34.4 Å². The van der Waals surface area contributed by atoms with Gasteiger partial charge in [-0.1, -0.05) is 36.2 Å². The molecule has 0 aliphatic heterocycles. The Morgan fingerprint density at radius 2 is 2.10 bits per heavy atom. The van der Waals surface area contributed by atoms with Crippen LogP contribution < -0.4 is 10.1 Å². The highest BCUT2D eigenvalue weighted by Gasteiger charge is 2.13. The number of anilines is 1. The quantitative estimate of drug-likeness (QED) is 0.699. The molecule has 0 saturated carbocycles. The third-order valence-electron chi connectivity index (χ3n) is 2.84. The van der Waals surface area contributed by atoms with Crippen molar-refractivity contribution in [3.63, 3.8) is 0 Å². The SMILES string of the molecule is CCCOc1cccc(NC(C)c2cc(Cl)sc2Cl)c1. The maximum absolute atomic E-state index is 6.18. The molecule has 1 aromatic carbocycles. The van der Waals surface area contributed by atoms with Gasteiger partial charge in [-0.3, -0.25) is 0 Å². The largest absolute Gasteiger partial charge is 0.494 e. The molecule has 0 fully saturated rings. The van der Waals surface area contributed by atoms with E-state index >= 15 is 0 Å². The minimum absolute atomic E-state index is 0.0904. The van der Waals surface area contributed by atoms with E-state index in [-0.39, 0.29) is 6.04 Å². The van der Waals surface area contributed by atoms with Gasteiger partial charge in [0.25, 0.3) is 0 Å². The second-order valence-corrected chi connectivity index (χ2v) is 6.81. The van der Waals surface area contributed by atoms with E-state index in [9.17, 15) is 0 Å². The van der Waals surface area contributed by atoms with Crippen LogP contribution in [0.4, 0.5) is 5.69 Å². The standard InChI is InChI=1S/C15H17Cl2NOS/c1-3-7-19-12-6-4-5-11(8-12)18-10(2)13-9-14(16)20-15(13)17/h4-6,8-10,18H,3,7H2,1-2H3. The summed E-state index contributed by atoms with van der Waals surface area (Å²) in [6.07, 6.45) is 0.997. The van der Waals surface area contributed by atoms with E-state index in [2.05, 4.69) is 19.2 Å². The molecule has 0 saturated heterocycles. The fourth-order valence-electron chi connectivity index (χ4n) is 1.87. The lowest BCUT2D eigenvalue weighted by atomic mass is 10.1. The van der Waals surface area contributed by atoms with Crippen LogP contribution in [-0.4, -0.2) is 6.61 Å². The van der Waals surface area contributed by atoms with Crippen LogP contribution in [0.2, 0.25) is 8.67 Å². The molecule has 2 aromatic rings. The molecule has 1 atom stereocenters. The molecule has 20 heavy (non-hydrogen) atoms. The number of hydrogen-bond acceptors (Lipinski definition) is 3.